The third-order valence-electron chi connectivity index (χ3n) is 5.04. The molecule has 0 heterocycles. The third-order valence-corrected chi connectivity index (χ3v) is 5.04. The largest absolute Gasteiger partial charge is 0.463 e. The van der Waals surface area contributed by atoms with Crippen molar-refractivity contribution >= 4 is 5.97 Å². The summed E-state index contributed by atoms with van der Waals surface area (Å²) >= 11 is 0. The zero-order chi connectivity index (χ0) is 23.6. The summed E-state index contributed by atoms with van der Waals surface area (Å²) in [5, 5.41) is 27.4. The Morgan fingerprint density at radius 2 is 1.13 bits per heavy atom. The van der Waals surface area contributed by atoms with Crippen LogP contribution in [0.1, 0.15) is 86.0 Å². The van der Waals surface area contributed by atoms with Crippen molar-refractivity contribution in [1.82, 2.24) is 0 Å². The molecule has 2 unspecified atom stereocenters. The van der Waals surface area contributed by atoms with E-state index >= 15 is 0 Å². The summed E-state index contributed by atoms with van der Waals surface area (Å²) in [5.74, 6) is -0.423. The van der Waals surface area contributed by atoms with Gasteiger partial charge in [0, 0.05) is 6.42 Å². The molecular weight excluding hydrogens is 392 g/mol. The SMILES string of the molecule is CC(C)=CCC/C(C)=C/CC/C(C)=C/CC/C(C)=C/CCC(=O)OCC(O)C(O)CO. The standard InChI is InChI=1S/C26H44O5/c1-20(2)10-6-11-21(3)12-7-13-22(4)14-8-15-23(5)16-9-17-26(30)31-19-25(29)24(28)18-27/h10,12,14,16,24-25,27-29H,6-9,11,13,15,17-19H2,1-5H3/b21-12+,22-14+,23-16+. The van der Waals surface area contributed by atoms with Crippen LogP contribution >= 0.6 is 0 Å². The molecule has 0 radical (unpaired) electrons. The second kappa shape index (κ2) is 17.9. The van der Waals surface area contributed by atoms with Gasteiger partial charge in [-0.2, -0.15) is 0 Å². The predicted octanol–water partition coefficient (Wildman–Crippen LogP) is 5.17. The first kappa shape index (κ1) is 29.3. The molecule has 178 valence electrons. The van der Waals surface area contributed by atoms with E-state index in [1.54, 1.807) is 0 Å². The monoisotopic (exact) mass is 436 g/mol. The normalized spacial score (nSPS) is 14.9. The van der Waals surface area contributed by atoms with E-state index < -0.39 is 24.8 Å². The number of hydrogen-bond donors (Lipinski definition) is 3. The summed E-state index contributed by atoms with van der Waals surface area (Å²) in [6.07, 6.45) is 13.6. The number of ether oxygens (including phenoxy) is 1. The highest BCUT2D eigenvalue weighted by atomic mass is 16.5. The highest BCUT2D eigenvalue weighted by molar-refractivity contribution is 5.69. The van der Waals surface area contributed by atoms with Crippen molar-refractivity contribution in [3.05, 3.63) is 46.6 Å². The fourth-order valence-corrected chi connectivity index (χ4v) is 2.91. The number of rotatable bonds is 16. The van der Waals surface area contributed by atoms with E-state index in [9.17, 15) is 15.0 Å². The van der Waals surface area contributed by atoms with Crippen LogP contribution in [0.15, 0.2) is 46.6 Å². The number of aliphatic hydroxyl groups excluding tert-OH is 3. The fraction of sp³-hybridized carbons (Fsp3) is 0.654. The number of hydrogen-bond acceptors (Lipinski definition) is 5. The van der Waals surface area contributed by atoms with Crippen LogP contribution in [0.4, 0.5) is 0 Å². The molecule has 5 heteroatoms. The zero-order valence-electron chi connectivity index (χ0n) is 20.2. The first-order valence-corrected chi connectivity index (χ1v) is 11.4. The number of esters is 1. The minimum absolute atomic E-state index is 0.230. The maximum absolute atomic E-state index is 11.7. The molecule has 0 amide bonds. The van der Waals surface area contributed by atoms with Crippen LogP contribution in [0.3, 0.4) is 0 Å². The molecule has 0 aromatic heterocycles. The van der Waals surface area contributed by atoms with Crippen molar-refractivity contribution in [2.45, 2.75) is 98.2 Å². The molecule has 0 saturated carbocycles. The molecule has 0 aliphatic carbocycles. The molecule has 0 rings (SSSR count). The number of carbonyl (C=O) groups excluding carboxylic acids is 1. The van der Waals surface area contributed by atoms with Gasteiger partial charge in [0.2, 0.25) is 0 Å². The molecule has 0 fully saturated rings. The Morgan fingerprint density at radius 1 is 0.710 bits per heavy atom. The Hall–Kier alpha value is -1.69. The van der Waals surface area contributed by atoms with Crippen LogP contribution < -0.4 is 0 Å². The molecule has 0 bridgehead atoms. The van der Waals surface area contributed by atoms with Crippen LogP contribution in [0.2, 0.25) is 0 Å². The predicted molar refractivity (Wildman–Crippen MR) is 128 cm³/mol. The number of allylic oxidation sites excluding steroid dienone is 8. The maximum Gasteiger partial charge on any atom is 0.306 e. The van der Waals surface area contributed by atoms with Gasteiger partial charge in [-0.15, -0.1) is 0 Å². The van der Waals surface area contributed by atoms with Crippen LogP contribution in [0, 0.1) is 0 Å². The fourth-order valence-electron chi connectivity index (χ4n) is 2.91. The summed E-state index contributed by atoms with van der Waals surface area (Å²) in [5.41, 5.74) is 5.49. The minimum Gasteiger partial charge on any atom is -0.463 e. The highest BCUT2D eigenvalue weighted by Crippen LogP contribution is 2.14. The maximum atomic E-state index is 11.7. The third kappa shape index (κ3) is 17.7. The van der Waals surface area contributed by atoms with Crippen LogP contribution in [0.5, 0.6) is 0 Å². The Labute approximate surface area is 189 Å². The van der Waals surface area contributed by atoms with Crippen molar-refractivity contribution in [3.8, 4) is 0 Å². The minimum atomic E-state index is -1.29. The van der Waals surface area contributed by atoms with Gasteiger partial charge in [-0.1, -0.05) is 46.6 Å². The second-order valence-electron chi connectivity index (χ2n) is 8.59. The summed E-state index contributed by atoms with van der Waals surface area (Å²) in [6, 6.07) is 0. The first-order valence-electron chi connectivity index (χ1n) is 11.4. The summed E-state index contributed by atoms with van der Waals surface area (Å²) in [6.45, 7) is 9.86. The number of aliphatic hydroxyl groups is 3. The summed E-state index contributed by atoms with van der Waals surface area (Å²) < 4.78 is 4.90. The average Bonchev–Trinajstić information content (AvgIpc) is 2.71. The number of carbonyl (C=O) groups is 1. The molecule has 2 atom stereocenters. The van der Waals surface area contributed by atoms with Crippen molar-refractivity contribution < 1.29 is 24.9 Å². The molecule has 0 spiro atoms. The zero-order valence-corrected chi connectivity index (χ0v) is 20.2. The van der Waals surface area contributed by atoms with Gasteiger partial charge in [0.15, 0.2) is 0 Å². The van der Waals surface area contributed by atoms with Crippen LogP contribution in [-0.2, 0) is 9.53 Å². The van der Waals surface area contributed by atoms with Gasteiger partial charge in [-0.05, 0) is 79.6 Å². The lowest BCUT2D eigenvalue weighted by atomic mass is 10.0. The summed E-state index contributed by atoms with van der Waals surface area (Å²) in [7, 11) is 0. The molecule has 5 nitrogen and oxygen atoms in total. The molecule has 31 heavy (non-hydrogen) atoms. The molecule has 0 aromatic rings. The lowest BCUT2D eigenvalue weighted by Gasteiger charge is -2.15. The second-order valence-corrected chi connectivity index (χ2v) is 8.59. The van der Waals surface area contributed by atoms with E-state index in [1.807, 2.05) is 6.08 Å². The van der Waals surface area contributed by atoms with Gasteiger partial charge < -0.3 is 20.1 Å². The Morgan fingerprint density at radius 3 is 1.55 bits per heavy atom. The Kier molecular flexibility index (Phi) is 17.0. The average molecular weight is 437 g/mol. The molecule has 0 aliphatic heterocycles. The lowest BCUT2D eigenvalue weighted by molar-refractivity contribution is -0.149. The van der Waals surface area contributed by atoms with Crippen LogP contribution in [0.25, 0.3) is 0 Å². The molecule has 3 N–H and O–H groups in total. The molecule has 0 aromatic carbocycles. The topological polar surface area (TPSA) is 87.0 Å². The van der Waals surface area contributed by atoms with E-state index in [0.717, 1.165) is 38.5 Å². The lowest BCUT2D eigenvalue weighted by Crippen LogP contribution is -2.34. The van der Waals surface area contributed by atoms with E-state index in [1.165, 1.54) is 22.3 Å². The molecule has 0 saturated heterocycles. The van der Waals surface area contributed by atoms with Crippen molar-refractivity contribution in [1.29, 1.82) is 0 Å². The highest BCUT2D eigenvalue weighted by Gasteiger charge is 2.16. The van der Waals surface area contributed by atoms with Crippen LogP contribution in [-0.4, -0.2) is 46.7 Å². The molecule has 0 aliphatic rings. The van der Waals surface area contributed by atoms with E-state index in [-0.39, 0.29) is 13.0 Å². The van der Waals surface area contributed by atoms with Gasteiger partial charge in [-0.3, -0.25) is 4.79 Å². The van der Waals surface area contributed by atoms with E-state index in [0.29, 0.717) is 6.42 Å². The van der Waals surface area contributed by atoms with Gasteiger partial charge in [0.1, 0.15) is 18.8 Å². The van der Waals surface area contributed by atoms with Crippen molar-refractivity contribution in [2.75, 3.05) is 13.2 Å². The Balaban J connectivity index is 4.05. The quantitative estimate of drug-likeness (QED) is 0.229. The van der Waals surface area contributed by atoms with Gasteiger partial charge in [-0.25, -0.2) is 0 Å². The van der Waals surface area contributed by atoms with E-state index in [4.69, 9.17) is 9.84 Å². The van der Waals surface area contributed by atoms with Gasteiger partial charge in [0.05, 0.1) is 6.61 Å². The van der Waals surface area contributed by atoms with Gasteiger partial charge >= 0.3 is 5.97 Å². The van der Waals surface area contributed by atoms with Crippen molar-refractivity contribution in [3.63, 3.8) is 0 Å². The van der Waals surface area contributed by atoms with Gasteiger partial charge in [0.25, 0.3) is 0 Å². The first-order chi connectivity index (χ1) is 14.6. The van der Waals surface area contributed by atoms with E-state index in [2.05, 4.69) is 52.8 Å². The molecular formula is C26H44O5. The Bertz CT molecular complexity index is 624. The smallest absolute Gasteiger partial charge is 0.306 e. The summed E-state index contributed by atoms with van der Waals surface area (Å²) in [4.78, 5) is 11.7. The van der Waals surface area contributed by atoms with Crippen molar-refractivity contribution in [2.24, 2.45) is 0 Å².